The number of aliphatic hydroxyl groups excluding tert-OH is 1. The summed E-state index contributed by atoms with van der Waals surface area (Å²) in [5, 5.41) is 13.1. The number of carbonyl (C=O) groups excluding carboxylic acids is 1. The summed E-state index contributed by atoms with van der Waals surface area (Å²) in [6, 6.07) is 5.57. The second kappa shape index (κ2) is 9.32. The van der Waals surface area contributed by atoms with E-state index in [0.717, 1.165) is 35.7 Å². The van der Waals surface area contributed by atoms with E-state index in [4.69, 9.17) is 19.1 Å². The number of carbonyl (C=O) groups is 1. The number of morpholine rings is 1. The molecule has 2 saturated heterocycles. The Morgan fingerprint density at radius 3 is 2.81 bits per heavy atom. The topological polar surface area (TPSA) is 129 Å². The third kappa shape index (κ3) is 4.42. The molecular weight excluding hydrogens is 462 g/mol. The maximum Gasteiger partial charge on any atom is 0.277 e. The summed E-state index contributed by atoms with van der Waals surface area (Å²) in [7, 11) is 0. The number of amides is 1. The lowest BCUT2D eigenvalue weighted by molar-refractivity contribution is 0.0675. The van der Waals surface area contributed by atoms with Crippen LogP contribution < -0.4 is 10.2 Å². The van der Waals surface area contributed by atoms with Gasteiger partial charge in [0.25, 0.3) is 5.91 Å². The Kier molecular flexibility index (Phi) is 5.86. The number of fused-ring (bicyclic) bond motifs is 1. The van der Waals surface area contributed by atoms with Gasteiger partial charge in [0.2, 0.25) is 5.89 Å². The van der Waals surface area contributed by atoms with Crippen molar-refractivity contribution in [1.29, 1.82) is 0 Å². The monoisotopic (exact) mass is 489 g/mol. The van der Waals surface area contributed by atoms with Gasteiger partial charge in [0.05, 0.1) is 25.0 Å². The molecule has 0 bridgehead atoms. The number of nitrogens with zero attached hydrogens (tertiary/aromatic N) is 6. The molecule has 11 nitrogen and oxygen atoms in total. The van der Waals surface area contributed by atoms with E-state index in [2.05, 4.69) is 20.2 Å². The Bertz CT molecular complexity index is 1330. The van der Waals surface area contributed by atoms with Gasteiger partial charge in [0.1, 0.15) is 12.1 Å². The minimum atomic E-state index is -0.432. The molecule has 0 aromatic carbocycles. The molecule has 3 aromatic rings. The van der Waals surface area contributed by atoms with E-state index in [1.54, 1.807) is 12.3 Å². The van der Waals surface area contributed by atoms with E-state index >= 15 is 0 Å². The zero-order valence-corrected chi connectivity index (χ0v) is 20.0. The fourth-order valence-corrected chi connectivity index (χ4v) is 4.74. The lowest BCUT2D eigenvalue weighted by atomic mass is 10.1. The average Bonchev–Trinajstić information content (AvgIpc) is 3.63. The number of amidine groups is 1. The highest BCUT2D eigenvalue weighted by atomic mass is 16.5. The Labute approximate surface area is 207 Å². The fourth-order valence-electron chi connectivity index (χ4n) is 4.74. The quantitative estimate of drug-likeness (QED) is 0.566. The third-order valence-corrected chi connectivity index (χ3v) is 6.61. The first-order valence-electron chi connectivity index (χ1n) is 12.1. The number of hydrogen-bond donors (Lipinski definition) is 2. The molecular formula is C25H27N7O4. The van der Waals surface area contributed by atoms with Crippen LogP contribution in [0.5, 0.6) is 0 Å². The first kappa shape index (κ1) is 22.6. The van der Waals surface area contributed by atoms with Crippen molar-refractivity contribution in [1.82, 2.24) is 19.9 Å². The van der Waals surface area contributed by atoms with Gasteiger partial charge >= 0.3 is 0 Å². The number of rotatable bonds is 4. The highest BCUT2D eigenvalue weighted by molar-refractivity contribution is 6.05. The summed E-state index contributed by atoms with van der Waals surface area (Å²) in [6.07, 6.45) is 3.88. The van der Waals surface area contributed by atoms with Gasteiger partial charge in [-0.15, -0.1) is 0 Å². The molecule has 36 heavy (non-hydrogen) atoms. The number of aliphatic hydroxyl groups is 1. The van der Waals surface area contributed by atoms with Gasteiger partial charge in [0.15, 0.2) is 17.3 Å². The molecule has 1 amide bonds. The summed E-state index contributed by atoms with van der Waals surface area (Å²) in [4.78, 5) is 35.6. The molecule has 0 saturated carbocycles. The van der Waals surface area contributed by atoms with Crippen molar-refractivity contribution in [2.75, 3.05) is 49.6 Å². The number of oxazole rings is 1. The maximum absolute atomic E-state index is 13.2. The van der Waals surface area contributed by atoms with Crippen molar-refractivity contribution >= 4 is 29.1 Å². The number of pyridine rings is 2. The third-order valence-electron chi connectivity index (χ3n) is 6.61. The highest BCUT2D eigenvalue weighted by Gasteiger charge is 2.29. The summed E-state index contributed by atoms with van der Waals surface area (Å²) >= 11 is 0. The van der Waals surface area contributed by atoms with E-state index in [-0.39, 0.29) is 5.69 Å². The summed E-state index contributed by atoms with van der Waals surface area (Å²) in [5.41, 5.74) is 3.26. The molecule has 0 aliphatic carbocycles. The van der Waals surface area contributed by atoms with Crippen molar-refractivity contribution in [3.05, 3.63) is 47.6 Å². The normalized spacial score (nSPS) is 19.4. The molecule has 1 atom stereocenters. The van der Waals surface area contributed by atoms with Crippen LogP contribution in [0.25, 0.3) is 11.5 Å². The van der Waals surface area contributed by atoms with Crippen LogP contribution in [-0.4, -0.2) is 82.2 Å². The molecule has 0 radical (unpaired) electrons. The Balaban J connectivity index is 1.27. The smallest absolute Gasteiger partial charge is 0.277 e. The molecule has 6 rings (SSSR count). The number of hydrogen-bond acceptors (Lipinski definition) is 10. The second-order valence-corrected chi connectivity index (χ2v) is 9.21. The van der Waals surface area contributed by atoms with E-state index in [1.165, 1.54) is 6.26 Å². The van der Waals surface area contributed by atoms with Gasteiger partial charge < -0.3 is 29.4 Å². The Hall–Kier alpha value is -3.83. The standard InChI is InChI=1S/C25H27N7O4/c1-15-10-16(2-4-26-15)25-28-20(14-36-25)24(34)27-19-11-17-12-21(31-6-8-35-9-7-31)29-22(17)30-23(19)32-5-3-18(33)13-32/h2,4,10-11,14,18,33H,3,5-9,12-13H2,1H3,(H,27,34). The average molecular weight is 490 g/mol. The van der Waals surface area contributed by atoms with Crippen LogP contribution in [0.2, 0.25) is 0 Å². The zero-order chi connectivity index (χ0) is 24.6. The van der Waals surface area contributed by atoms with Gasteiger partial charge in [-0.2, -0.15) is 0 Å². The minimum absolute atomic E-state index is 0.164. The van der Waals surface area contributed by atoms with Crippen molar-refractivity contribution < 1.29 is 19.1 Å². The van der Waals surface area contributed by atoms with Crippen molar-refractivity contribution in [2.24, 2.45) is 4.99 Å². The molecule has 3 aromatic heterocycles. The first-order chi connectivity index (χ1) is 17.5. The molecule has 2 fully saturated rings. The van der Waals surface area contributed by atoms with Crippen LogP contribution in [-0.2, 0) is 11.2 Å². The number of anilines is 2. The van der Waals surface area contributed by atoms with Gasteiger partial charge in [-0.25, -0.2) is 15.0 Å². The molecule has 186 valence electrons. The summed E-state index contributed by atoms with van der Waals surface area (Å²) in [6.45, 7) is 5.93. The largest absolute Gasteiger partial charge is 0.444 e. The molecule has 2 N–H and O–H groups in total. The van der Waals surface area contributed by atoms with Crippen LogP contribution in [0.3, 0.4) is 0 Å². The van der Waals surface area contributed by atoms with E-state index < -0.39 is 12.0 Å². The van der Waals surface area contributed by atoms with Gasteiger partial charge in [-0.05, 0) is 31.5 Å². The Morgan fingerprint density at radius 1 is 1.17 bits per heavy atom. The Morgan fingerprint density at radius 2 is 2.03 bits per heavy atom. The van der Waals surface area contributed by atoms with Crippen LogP contribution in [0.4, 0.5) is 17.3 Å². The zero-order valence-electron chi connectivity index (χ0n) is 20.0. The van der Waals surface area contributed by atoms with Crippen molar-refractivity contribution in [2.45, 2.75) is 25.9 Å². The van der Waals surface area contributed by atoms with E-state index in [9.17, 15) is 9.90 Å². The van der Waals surface area contributed by atoms with Gasteiger partial charge in [-0.1, -0.05) is 0 Å². The number of aliphatic imine (C=N–C) groups is 1. The summed E-state index contributed by atoms with van der Waals surface area (Å²) < 4.78 is 11.0. The highest BCUT2D eigenvalue weighted by Crippen LogP contribution is 2.36. The van der Waals surface area contributed by atoms with Crippen LogP contribution in [0.15, 0.2) is 40.1 Å². The van der Waals surface area contributed by atoms with Crippen LogP contribution >= 0.6 is 0 Å². The number of β-amino-alcohol motifs (C(OH)–C–C–N with tert-alkyl or cyclic N) is 1. The molecule has 3 aliphatic rings. The first-order valence-corrected chi connectivity index (χ1v) is 12.1. The SMILES string of the molecule is Cc1cc(-c2nc(C(=O)Nc3cc4c(nc3N3CCC(O)C3)N=C(N3CCOCC3)C4)co2)ccn1. The molecule has 6 heterocycles. The second-order valence-electron chi connectivity index (χ2n) is 9.21. The molecule has 3 aliphatic heterocycles. The lowest BCUT2D eigenvalue weighted by Gasteiger charge is -2.28. The van der Waals surface area contributed by atoms with Crippen molar-refractivity contribution in [3.8, 4) is 11.5 Å². The lowest BCUT2D eigenvalue weighted by Crippen LogP contribution is -2.40. The van der Waals surface area contributed by atoms with E-state index in [1.807, 2.05) is 24.0 Å². The predicted octanol–water partition coefficient (Wildman–Crippen LogP) is 2.18. The molecule has 11 heteroatoms. The molecule has 0 spiro atoms. The summed E-state index contributed by atoms with van der Waals surface area (Å²) in [5.74, 6) is 2.17. The number of ether oxygens (including phenoxy) is 1. The predicted molar refractivity (Wildman–Crippen MR) is 133 cm³/mol. The van der Waals surface area contributed by atoms with Gasteiger partial charge in [-0.3, -0.25) is 9.78 Å². The fraction of sp³-hybridized carbons (Fsp3) is 0.400. The van der Waals surface area contributed by atoms with E-state index in [0.29, 0.717) is 62.4 Å². The number of nitrogens with one attached hydrogen (secondary N) is 1. The molecule has 1 unspecified atom stereocenters. The minimum Gasteiger partial charge on any atom is -0.444 e. The maximum atomic E-state index is 13.2. The van der Waals surface area contributed by atoms with Crippen LogP contribution in [0.1, 0.15) is 28.2 Å². The van der Waals surface area contributed by atoms with Crippen LogP contribution in [0, 0.1) is 6.92 Å². The van der Waals surface area contributed by atoms with Gasteiger partial charge in [0, 0.05) is 55.6 Å². The number of aryl methyl sites for hydroxylation is 1. The number of aromatic nitrogens is 3. The van der Waals surface area contributed by atoms with Crippen molar-refractivity contribution in [3.63, 3.8) is 0 Å².